The Morgan fingerprint density at radius 3 is 2.60 bits per heavy atom. The lowest BCUT2D eigenvalue weighted by molar-refractivity contribution is -0.119. The lowest BCUT2D eigenvalue weighted by Gasteiger charge is -2.07. The van der Waals surface area contributed by atoms with Gasteiger partial charge in [-0.15, -0.1) is 0 Å². The lowest BCUT2D eigenvalue weighted by atomic mass is 10.2. The first-order chi connectivity index (χ1) is 14.4. The monoisotopic (exact) mass is 442 g/mol. The van der Waals surface area contributed by atoms with Crippen LogP contribution in [-0.2, 0) is 16.1 Å². The van der Waals surface area contributed by atoms with Gasteiger partial charge in [-0.25, -0.2) is 9.48 Å². The van der Waals surface area contributed by atoms with Gasteiger partial charge in [0.25, 0.3) is 5.91 Å². The van der Waals surface area contributed by atoms with E-state index >= 15 is 0 Å². The van der Waals surface area contributed by atoms with Crippen LogP contribution in [-0.4, -0.2) is 28.3 Å². The molecule has 0 bridgehead atoms. The molecule has 0 radical (unpaired) electrons. The summed E-state index contributed by atoms with van der Waals surface area (Å²) >= 11 is 12.3. The number of nitrogens with one attached hydrogen (secondary N) is 1. The van der Waals surface area contributed by atoms with Crippen LogP contribution in [0.25, 0.3) is 0 Å². The number of aryl methyl sites for hydroxylation is 1. The molecule has 1 N–H and O–H groups in total. The summed E-state index contributed by atoms with van der Waals surface area (Å²) in [5.41, 5.74) is 2.16. The van der Waals surface area contributed by atoms with E-state index < -0.39 is 18.5 Å². The zero-order chi connectivity index (χ0) is 21.7. The van der Waals surface area contributed by atoms with Crippen molar-refractivity contribution in [2.75, 3.05) is 11.9 Å². The number of amides is 1. The first-order valence-corrected chi connectivity index (χ1v) is 9.58. The van der Waals surface area contributed by atoms with E-state index in [1.807, 2.05) is 36.4 Å². The van der Waals surface area contributed by atoms with Crippen LogP contribution in [0.3, 0.4) is 0 Å². The third-order valence-corrected chi connectivity index (χ3v) is 4.85. The zero-order valence-corrected chi connectivity index (χ0v) is 17.4. The predicted octanol–water partition coefficient (Wildman–Crippen LogP) is 4.21. The Hall–Kier alpha value is -3.34. The third kappa shape index (κ3) is 4.98. The van der Waals surface area contributed by atoms with E-state index in [1.54, 1.807) is 6.92 Å². The van der Waals surface area contributed by atoms with E-state index in [4.69, 9.17) is 33.2 Å². The molecule has 3 rings (SSSR count). The number of anilines is 1. The highest BCUT2D eigenvalue weighted by Gasteiger charge is 2.22. The van der Waals surface area contributed by atoms with Gasteiger partial charge in [0.1, 0.15) is 16.8 Å². The molecule has 0 unspecified atom stereocenters. The minimum atomic E-state index is -0.746. The summed E-state index contributed by atoms with van der Waals surface area (Å²) in [5.74, 6) is -1.31. The fraction of sp³-hybridized carbons (Fsp3) is 0.143. The van der Waals surface area contributed by atoms with Crippen molar-refractivity contribution in [1.82, 2.24) is 9.78 Å². The van der Waals surface area contributed by atoms with Crippen LogP contribution in [0.1, 0.15) is 27.2 Å². The molecule has 0 spiro atoms. The van der Waals surface area contributed by atoms with Gasteiger partial charge in [-0.1, -0.05) is 53.5 Å². The number of carbonyl (C=O) groups excluding carboxylic acids is 2. The smallest absolute Gasteiger partial charge is 0.343 e. The van der Waals surface area contributed by atoms with Crippen LogP contribution < -0.4 is 5.32 Å². The maximum atomic E-state index is 12.4. The zero-order valence-electron chi connectivity index (χ0n) is 15.9. The van der Waals surface area contributed by atoms with Crippen LogP contribution in [0.15, 0.2) is 48.5 Å². The molecule has 152 valence electrons. The van der Waals surface area contributed by atoms with Crippen molar-refractivity contribution < 1.29 is 14.3 Å². The molecule has 0 saturated carbocycles. The molecule has 0 aliphatic rings. The van der Waals surface area contributed by atoms with Gasteiger partial charge in [0.05, 0.1) is 22.8 Å². The topological polar surface area (TPSA) is 97.0 Å². The van der Waals surface area contributed by atoms with Crippen molar-refractivity contribution >= 4 is 40.8 Å². The van der Waals surface area contributed by atoms with Crippen molar-refractivity contribution in [1.29, 1.82) is 5.26 Å². The van der Waals surface area contributed by atoms with Crippen LogP contribution in [0.5, 0.6) is 0 Å². The number of hydrogen-bond acceptors (Lipinski definition) is 5. The molecule has 2 aromatic carbocycles. The Morgan fingerprint density at radius 2 is 1.93 bits per heavy atom. The molecule has 1 amide bonds. The van der Waals surface area contributed by atoms with Gasteiger partial charge in [-0.05, 0) is 30.7 Å². The molecule has 7 nitrogen and oxygen atoms in total. The average Bonchev–Trinajstić information content (AvgIpc) is 3.00. The maximum absolute atomic E-state index is 12.4. The predicted molar refractivity (Wildman–Crippen MR) is 113 cm³/mol. The number of nitrogens with zero attached hydrogens (tertiary/aromatic N) is 3. The highest BCUT2D eigenvalue weighted by Crippen LogP contribution is 2.22. The average molecular weight is 443 g/mol. The van der Waals surface area contributed by atoms with Crippen molar-refractivity contribution in [2.45, 2.75) is 13.5 Å². The van der Waals surface area contributed by atoms with Crippen molar-refractivity contribution in [2.24, 2.45) is 0 Å². The normalized spacial score (nSPS) is 10.3. The van der Waals surface area contributed by atoms with Gasteiger partial charge >= 0.3 is 5.97 Å². The standard InChI is InChI=1S/C21H16Cl2N4O3/c1-13-19(20(23)27(26-13)11-14-5-3-2-4-6-14)21(29)30-12-18(28)25-16-8-7-15(10-24)17(22)9-16/h2-9H,11-12H2,1H3,(H,25,28). The molecule has 0 saturated heterocycles. The van der Waals surface area contributed by atoms with Gasteiger partial charge < -0.3 is 10.1 Å². The molecule has 30 heavy (non-hydrogen) atoms. The minimum Gasteiger partial charge on any atom is -0.452 e. The Balaban J connectivity index is 1.63. The summed E-state index contributed by atoms with van der Waals surface area (Å²) in [6.07, 6.45) is 0. The summed E-state index contributed by atoms with van der Waals surface area (Å²) in [4.78, 5) is 24.5. The van der Waals surface area contributed by atoms with Gasteiger partial charge in [0, 0.05) is 5.69 Å². The Morgan fingerprint density at radius 1 is 1.20 bits per heavy atom. The van der Waals surface area contributed by atoms with Gasteiger partial charge in [0.15, 0.2) is 6.61 Å². The van der Waals surface area contributed by atoms with Gasteiger partial charge in [-0.3, -0.25) is 4.79 Å². The summed E-state index contributed by atoms with van der Waals surface area (Å²) in [5, 5.41) is 16.1. The van der Waals surface area contributed by atoms with Crippen LogP contribution in [0.2, 0.25) is 10.2 Å². The number of nitriles is 1. The molecule has 0 aliphatic heterocycles. The largest absolute Gasteiger partial charge is 0.452 e. The Bertz CT molecular complexity index is 1140. The second-order valence-corrected chi connectivity index (χ2v) is 7.09. The first-order valence-electron chi connectivity index (χ1n) is 8.82. The van der Waals surface area contributed by atoms with E-state index in [-0.39, 0.29) is 15.7 Å². The van der Waals surface area contributed by atoms with E-state index in [1.165, 1.54) is 22.9 Å². The van der Waals surface area contributed by atoms with Crippen LogP contribution in [0, 0.1) is 18.3 Å². The van der Waals surface area contributed by atoms with E-state index in [0.29, 0.717) is 23.5 Å². The first kappa shape index (κ1) is 21.4. The summed E-state index contributed by atoms with van der Waals surface area (Å²) in [6.45, 7) is 1.52. The number of ether oxygens (including phenoxy) is 1. The van der Waals surface area contributed by atoms with Crippen LogP contribution in [0.4, 0.5) is 5.69 Å². The van der Waals surface area contributed by atoms with Crippen LogP contribution >= 0.6 is 23.2 Å². The highest BCUT2D eigenvalue weighted by atomic mass is 35.5. The molecule has 1 heterocycles. The number of aromatic nitrogens is 2. The van der Waals surface area contributed by atoms with E-state index in [9.17, 15) is 9.59 Å². The van der Waals surface area contributed by atoms with Gasteiger partial charge in [0.2, 0.25) is 0 Å². The fourth-order valence-corrected chi connectivity index (χ4v) is 3.26. The maximum Gasteiger partial charge on any atom is 0.343 e. The molecular weight excluding hydrogens is 427 g/mol. The molecule has 3 aromatic rings. The fourth-order valence-electron chi connectivity index (χ4n) is 2.73. The quantitative estimate of drug-likeness (QED) is 0.576. The molecule has 0 atom stereocenters. The molecule has 0 fully saturated rings. The number of halogens is 2. The lowest BCUT2D eigenvalue weighted by Crippen LogP contribution is -2.21. The second kappa shape index (κ2) is 9.44. The summed E-state index contributed by atoms with van der Waals surface area (Å²) < 4.78 is 6.59. The Labute approximate surface area is 182 Å². The minimum absolute atomic E-state index is 0.113. The summed E-state index contributed by atoms with van der Waals surface area (Å²) in [6, 6.07) is 15.9. The SMILES string of the molecule is Cc1nn(Cc2ccccc2)c(Cl)c1C(=O)OCC(=O)Nc1ccc(C#N)c(Cl)c1. The number of hydrogen-bond donors (Lipinski definition) is 1. The number of benzene rings is 2. The molecule has 1 aromatic heterocycles. The van der Waals surface area contributed by atoms with Gasteiger partial charge in [-0.2, -0.15) is 10.4 Å². The Kier molecular flexibility index (Phi) is 6.72. The van der Waals surface area contributed by atoms with E-state index in [2.05, 4.69) is 10.4 Å². The second-order valence-electron chi connectivity index (χ2n) is 6.33. The highest BCUT2D eigenvalue weighted by molar-refractivity contribution is 6.33. The molecular formula is C21H16Cl2N4O3. The number of carbonyl (C=O) groups is 2. The van der Waals surface area contributed by atoms with Crippen molar-refractivity contribution in [3.8, 4) is 6.07 Å². The summed E-state index contributed by atoms with van der Waals surface area (Å²) in [7, 11) is 0. The molecule has 0 aliphatic carbocycles. The van der Waals surface area contributed by atoms with Crippen molar-refractivity contribution in [3.63, 3.8) is 0 Å². The van der Waals surface area contributed by atoms with Crippen molar-refractivity contribution in [3.05, 3.63) is 81.1 Å². The number of esters is 1. The van der Waals surface area contributed by atoms with E-state index in [0.717, 1.165) is 5.56 Å². The number of rotatable bonds is 6. The third-order valence-electron chi connectivity index (χ3n) is 4.15. The molecule has 9 heteroatoms.